The number of ether oxygens (including phenoxy) is 1. The van der Waals surface area contributed by atoms with Crippen LogP contribution in [0, 0.1) is 5.92 Å². The molecule has 31 heavy (non-hydrogen) atoms. The number of nitrogens with zero attached hydrogens (tertiary/aromatic N) is 1. The zero-order valence-corrected chi connectivity index (χ0v) is 18.1. The molecule has 0 aliphatic heterocycles. The van der Waals surface area contributed by atoms with Gasteiger partial charge in [-0.15, -0.1) is 0 Å². The van der Waals surface area contributed by atoms with Crippen LogP contribution in [0.15, 0.2) is 60.7 Å². The maximum atomic E-state index is 13.1. The quantitative estimate of drug-likeness (QED) is 0.623. The molecular weight excluding hydrogens is 392 g/mol. The van der Waals surface area contributed by atoms with Crippen LogP contribution < -0.4 is 5.32 Å². The summed E-state index contributed by atoms with van der Waals surface area (Å²) in [6.07, 6.45) is 5.16. The van der Waals surface area contributed by atoms with E-state index in [1.807, 2.05) is 60.7 Å². The van der Waals surface area contributed by atoms with Crippen molar-refractivity contribution in [1.82, 2.24) is 10.2 Å². The number of hydrogen-bond acceptors (Lipinski definition) is 3. The van der Waals surface area contributed by atoms with E-state index in [-0.39, 0.29) is 30.7 Å². The first-order chi connectivity index (χ1) is 15.1. The Morgan fingerprint density at radius 1 is 1.00 bits per heavy atom. The molecule has 0 spiro atoms. The van der Waals surface area contributed by atoms with Gasteiger partial charge in [0, 0.05) is 13.6 Å². The van der Waals surface area contributed by atoms with Gasteiger partial charge in [-0.25, -0.2) is 9.59 Å². The number of carbonyl (C=O) groups excluding carboxylic acids is 1. The van der Waals surface area contributed by atoms with Crippen molar-refractivity contribution >= 4 is 12.0 Å². The van der Waals surface area contributed by atoms with Crippen LogP contribution in [-0.2, 0) is 9.53 Å². The molecule has 1 aliphatic rings. The van der Waals surface area contributed by atoms with E-state index >= 15 is 0 Å². The Hall–Kier alpha value is -2.86. The molecule has 2 aromatic rings. The molecule has 166 valence electrons. The minimum Gasteiger partial charge on any atom is -0.480 e. The molecular formula is C25H32N2O4. The van der Waals surface area contributed by atoms with Gasteiger partial charge in [0.05, 0.1) is 12.1 Å². The Labute approximate surface area is 184 Å². The fourth-order valence-corrected chi connectivity index (χ4v) is 4.39. The zero-order chi connectivity index (χ0) is 22.1. The average Bonchev–Trinajstić information content (AvgIpc) is 2.81. The number of carboxylic acid groups (broad SMARTS) is 1. The SMILES string of the molecule is CN(C(=O)NCC(OCC(=O)O)C1CCCCC1)C(c1ccccc1)c1ccccc1. The van der Waals surface area contributed by atoms with E-state index in [4.69, 9.17) is 9.84 Å². The number of urea groups is 1. The predicted octanol–water partition coefficient (Wildman–Crippen LogP) is 4.47. The molecule has 6 nitrogen and oxygen atoms in total. The highest BCUT2D eigenvalue weighted by atomic mass is 16.5. The summed E-state index contributed by atoms with van der Waals surface area (Å²) in [7, 11) is 1.79. The molecule has 0 heterocycles. The van der Waals surface area contributed by atoms with Gasteiger partial charge in [-0.2, -0.15) is 0 Å². The smallest absolute Gasteiger partial charge is 0.329 e. The van der Waals surface area contributed by atoms with Crippen molar-refractivity contribution in [3.63, 3.8) is 0 Å². The largest absolute Gasteiger partial charge is 0.480 e. The van der Waals surface area contributed by atoms with E-state index in [1.54, 1.807) is 11.9 Å². The molecule has 0 saturated heterocycles. The topological polar surface area (TPSA) is 78.9 Å². The van der Waals surface area contributed by atoms with Gasteiger partial charge in [0.1, 0.15) is 6.61 Å². The standard InChI is InChI=1S/C25H32N2O4/c1-27(24(20-13-7-3-8-14-20)21-15-9-4-10-16-21)25(30)26-17-22(31-18-23(28)29)19-11-5-2-6-12-19/h3-4,7-10,13-16,19,22,24H,2,5-6,11-12,17-18H2,1H3,(H,26,30)(H,28,29). The lowest BCUT2D eigenvalue weighted by molar-refractivity contribution is -0.145. The van der Waals surface area contributed by atoms with Crippen molar-refractivity contribution in [2.45, 2.75) is 44.2 Å². The summed E-state index contributed by atoms with van der Waals surface area (Å²) in [5.41, 5.74) is 2.05. The Morgan fingerprint density at radius 3 is 2.06 bits per heavy atom. The highest BCUT2D eigenvalue weighted by molar-refractivity contribution is 5.75. The van der Waals surface area contributed by atoms with Crippen LogP contribution in [0.1, 0.15) is 49.3 Å². The molecule has 1 aliphatic carbocycles. The van der Waals surface area contributed by atoms with Crippen molar-refractivity contribution in [2.24, 2.45) is 5.92 Å². The number of carboxylic acids is 1. The summed E-state index contributed by atoms with van der Waals surface area (Å²) in [6, 6.07) is 19.4. The van der Waals surface area contributed by atoms with E-state index < -0.39 is 5.97 Å². The van der Waals surface area contributed by atoms with Crippen LogP contribution in [0.2, 0.25) is 0 Å². The lowest BCUT2D eigenvalue weighted by Gasteiger charge is -2.32. The molecule has 1 atom stereocenters. The number of rotatable bonds is 9. The van der Waals surface area contributed by atoms with Crippen LogP contribution >= 0.6 is 0 Å². The third kappa shape index (κ3) is 6.56. The average molecular weight is 425 g/mol. The van der Waals surface area contributed by atoms with Gasteiger partial charge in [0.2, 0.25) is 0 Å². The van der Waals surface area contributed by atoms with Crippen LogP contribution in [0.4, 0.5) is 4.79 Å². The Bertz CT molecular complexity index is 782. The van der Waals surface area contributed by atoms with E-state index in [0.29, 0.717) is 6.54 Å². The molecule has 0 radical (unpaired) electrons. The number of aliphatic carboxylic acids is 1. The van der Waals surface area contributed by atoms with Gasteiger partial charge in [0.25, 0.3) is 0 Å². The first kappa shape index (κ1) is 22.8. The molecule has 0 aromatic heterocycles. The lowest BCUT2D eigenvalue weighted by Crippen LogP contribution is -2.45. The second-order valence-corrected chi connectivity index (χ2v) is 8.16. The molecule has 2 aromatic carbocycles. The Kier molecular flexibility index (Phi) is 8.47. The molecule has 0 bridgehead atoms. The fourth-order valence-electron chi connectivity index (χ4n) is 4.39. The van der Waals surface area contributed by atoms with Gasteiger partial charge in [0.15, 0.2) is 0 Å². The number of hydrogen-bond donors (Lipinski definition) is 2. The summed E-state index contributed by atoms with van der Waals surface area (Å²) in [6.45, 7) is -0.0407. The molecule has 1 unspecified atom stereocenters. The van der Waals surface area contributed by atoms with E-state index in [1.165, 1.54) is 6.42 Å². The van der Waals surface area contributed by atoms with Gasteiger partial charge in [-0.05, 0) is 29.9 Å². The first-order valence-electron chi connectivity index (χ1n) is 11.0. The second kappa shape index (κ2) is 11.5. The number of carbonyl (C=O) groups is 2. The normalized spacial score (nSPS) is 15.4. The van der Waals surface area contributed by atoms with Crippen LogP contribution in [-0.4, -0.2) is 48.3 Å². The van der Waals surface area contributed by atoms with Crippen molar-refractivity contribution < 1.29 is 19.4 Å². The molecule has 3 rings (SSSR count). The van der Waals surface area contributed by atoms with Crippen LogP contribution in [0.25, 0.3) is 0 Å². The minimum atomic E-state index is -0.988. The van der Waals surface area contributed by atoms with Crippen molar-refractivity contribution in [1.29, 1.82) is 0 Å². The molecule has 1 saturated carbocycles. The van der Waals surface area contributed by atoms with Gasteiger partial charge in [-0.1, -0.05) is 79.9 Å². The Balaban J connectivity index is 1.70. The molecule has 6 heteroatoms. The van der Waals surface area contributed by atoms with Crippen LogP contribution in [0.3, 0.4) is 0 Å². The summed E-state index contributed by atoms with van der Waals surface area (Å²) in [5, 5.41) is 12.0. The van der Waals surface area contributed by atoms with Gasteiger partial charge in [-0.3, -0.25) is 0 Å². The maximum absolute atomic E-state index is 13.1. The fraction of sp³-hybridized carbons (Fsp3) is 0.440. The second-order valence-electron chi connectivity index (χ2n) is 8.16. The van der Waals surface area contributed by atoms with Gasteiger partial charge < -0.3 is 20.1 Å². The summed E-state index contributed by atoms with van der Waals surface area (Å²) in [4.78, 5) is 25.8. The van der Waals surface area contributed by atoms with E-state index in [9.17, 15) is 9.59 Å². The van der Waals surface area contributed by atoms with Crippen molar-refractivity contribution in [3.05, 3.63) is 71.8 Å². The summed E-state index contributed by atoms with van der Waals surface area (Å²) >= 11 is 0. The molecule has 2 N–H and O–H groups in total. The maximum Gasteiger partial charge on any atom is 0.329 e. The van der Waals surface area contributed by atoms with Gasteiger partial charge >= 0.3 is 12.0 Å². The summed E-state index contributed by atoms with van der Waals surface area (Å²) in [5.74, 6) is -0.713. The monoisotopic (exact) mass is 424 g/mol. The van der Waals surface area contributed by atoms with E-state index in [2.05, 4.69) is 5.32 Å². The third-order valence-electron chi connectivity index (χ3n) is 5.99. The van der Waals surface area contributed by atoms with Crippen molar-refractivity contribution in [2.75, 3.05) is 20.2 Å². The lowest BCUT2D eigenvalue weighted by atomic mass is 9.85. The Morgan fingerprint density at radius 2 is 1.55 bits per heavy atom. The molecule has 1 fully saturated rings. The van der Waals surface area contributed by atoms with Crippen LogP contribution in [0.5, 0.6) is 0 Å². The van der Waals surface area contributed by atoms with E-state index in [0.717, 1.165) is 36.8 Å². The minimum absolute atomic E-state index is 0.211. The highest BCUT2D eigenvalue weighted by Crippen LogP contribution is 2.29. The number of amides is 2. The summed E-state index contributed by atoms with van der Waals surface area (Å²) < 4.78 is 5.67. The zero-order valence-electron chi connectivity index (χ0n) is 18.1. The predicted molar refractivity (Wildman–Crippen MR) is 120 cm³/mol. The molecule has 2 amide bonds. The van der Waals surface area contributed by atoms with Crippen molar-refractivity contribution in [3.8, 4) is 0 Å². The highest BCUT2D eigenvalue weighted by Gasteiger charge is 2.28. The first-order valence-corrected chi connectivity index (χ1v) is 11.0. The number of nitrogens with one attached hydrogen (secondary N) is 1. The number of benzene rings is 2. The third-order valence-corrected chi connectivity index (χ3v) is 5.99.